The fourth-order valence-electron chi connectivity index (χ4n) is 2.85. The van der Waals surface area contributed by atoms with Gasteiger partial charge in [0.2, 0.25) is 0 Å². The molecule has 6 heteroatoms. The molecular weight excluding hydrogens is 279 g/mol. The third-order valence-electron chi connectivity index (χ3n) is 3.91. The third kappa shape index (κ3) is 2.72. The molecule has 0 atom stereocenters. The quantitative estimate of drug-likeness (QED) is 0.849. The van der Waals surface area contributed by atoms with E-state index in [1.165, 1.54) is 6.07 Å². The molecule has 3 nitrogen and oxygen atoms in total. The minimum Gasteiger partial charge on any atom is -0.316 e. The molecule has 1 aromatic rings. The Morgan fingerprint density at radius 1 is 1.14 bits per heavy atom. The monoisotopic (exact) mass is 295 g/mol. The van der Waals surface area contributed by atoms with Crippen molar-refractivity contribution in [2.24, 2.45) is 9.98 Å². The van der Waals surface area contributed by atoms with Crippen molar-refractivity contribution in [2.75, 3.05) is 13.1 Å². The normalized spacial score (nSPS) is 21.3. The highest BCUT2D eigenvalue weighted by Crippen LogP contribution is 2.33. The van der Waals surface area contributed by atoms with Crippen LogP contribution < -0.4 is 5.32 Å². The van der Waals surface area contributed by atoms with Gasteiger partial charge in [0.05, 0.1) is 17.0 Å². The van der Waals surface area contributed by atoms with E-state index in [1.54, 1.807) is 6.07 Å². The van der Waals surface area contributed by atoms with Crippen LogP contribution >= 0.6 is 0 Å². The molecule has 0 amide bonds. The van der Waals surface area contributed by atoms with Gasteiger partial charge in [0.15, 0.2) is 5.66 Å². The van der Waals surface area contributed by atoms with Crippen LogP contribution in [0, 0.1) is 0 Å². The molecule has 0 saturated carbocycles. The summed E-state index contributed by atoms with van der Waals surface area (Å²) in [5.41, 5.74) is 0.668. The van der Waals surface area contributed by atoms with Crippen LogP contribution in [0.2, 0.25) is 0 Å². The van der Waals surface area contributed by atoms with Crippen LogP contribution in [-0.4, -0.2) is 30.2 Å². The minimum absolute atomic E-state index is 0.473. The van der Waals surface area contributed by atoms with E-state index in [4.69, 9.17) is 0 Å². The SMILES string of the molecule is CC1=NC2(CCNCC2)N=C1c1cccc(C(F)(F)F)c1. The highest BCUT2D eigenvalue weighted by atomic mass is 19.4. The summed E-state index contributed by atoms with van der Waals surface area (Å²) in [5, 5.41) is 3.25. The number of rotatable bonds is 1. The Balaban J connectivity index is 1.97. The van der Waals surface area contributed by atoms with Crippen LogP contribution in [0.15, 0.2) is 34.3 Å². The van der Waals surface area contributed by atoms with Crippen molar-refractivity contribution < 1.29 is 13.2 Å². The van der Waals surface area contributed by atoms with Crippen molar-refractivity contribution in [1.29, 1.82) is 0 Å². The van der Waals surface area contributed by atoms with Crippen LogP contribution in [0.5, 0.6) is 0 Å². The molecule has 0 aliphatic carbocycles. The number of hydrogen-bond acceptors (Lipinski definition) is 3. The summed E-state index contributed by atoms with van der Waals surface area (Å²) in [7, 11) is 0. The number of alkyl halides is 3. The Labute approximate surface area is 121 Å². The van der Waals surface area contributed by atoms with Crippen molar-refractivity contribution in [3.8, 4) is 0 Å². The lowest BCUT2D eigenvalue weighted by molar-refractivity contribution is -0.137. The minimum atomic E-state index is -4.34. The van der Waals surface area contributed by atoms with E-state index >= 15 is 0 Å². The molecule has 1 aromatic carbocycles. The zero-order valence-electron chi connectivity index (χ0n) is 11.7. The van der Waals surface area contributed by atoms with E-state index < -0.39 is 17.4 Å². The van der Waals surface area contributed by atoms with E-state index in [2.05, 4.69) is 15.3 Å². The molecule has 1 N–H and O–H groups in total. The van der Waals surface area contributed by atoms with E-state index in [-0.39, 0.29) is 0 Å². The van der Waals surface area contributed by atoms with Gasteiger partial charge in [-0.05, 0) is 32.1 Å². The summed E-state index contributed by atoms with van der Waals surface area (Å²) in [6, 6.07) is 5.30. The second-order valence-corrected chi connectivity index (χ2v) is 5.47. The van der Waals surface area contributed by atoms with E-state index in [0.717, 1.165) is 43.8 Å². The number of benzene rings is 1. The lowest BCUT2D eigenvalue weighted by Crippen LogP contribution is -2.38. The Morgan fingerprint density at radius 2 is 1.86 bits per heavy atom. The molecule has 0 bridgehead atoms. The van der Waals surface area contributed by atoms with E-state index in [9.17, 15) is 13.2 Å². The predicted octanol–water partition coefficient (Wildman–Crippen LogP) is 3.05. The highest BCUT2D eigenvalue weighted by molar-refractivity contribution is 6.48. The van der Waals surface area contributed by atoms with Gasteiger partial charge in [0.25, 0.3) is 0 Å². The van der Waals surface area contributed by atoms with Gasteiger partial charge in [-0.15, -0.1) is 0 Å². The van der Waals surface area contributed by atoms with Gasteiger partial charge < -0.3 is 5.32 Å². The van der Waals surface area contributed by atoms with Gasteiger partial charge in [-0.2, -0.15) is 13.2 Å². The van der Waals surface area contributed by atoms with Crippen molar-refractivity contribution in [2.45, 2.75) is 31.6 Å². The van der Waals surface area contributed by atoms with Crippen molar-refractivity contribution in [3.05, 3.63) is 35.4 Å². The average Bonchev–Trinajstić information content (AvgIpc) is 2.75. The molecule has 2 aliphatic heterocycles. The number of nitrogens with one attached hydrogen (secondary N) is 1. The van der Waals surface area contributed by atoms with Crippen LogP contribution in [-0.2, 0) is 6.18 Å². The van der Waals surface area contributed by atoms with Crippen LogP contribution in [0.1, 0.15) is 30.9 Å². The number of hydrogen-bond donors (Lipinski definition) is 1. The first-order valence-corrected chi connectivity index (χ1v) is 6.95. The van der Waals surface area contributed by atoms with Gasteiger partial charge >= 0.3 is 6.18 Å². The zero-order valence-corrected chi connectivity index (χ0v) is 11.7. The maximum atomic E-state index is 12.8. The summed E-state index contributed by atoms with van der Waals surface area (Å²) in [6.45, 7) is 3.47. The topological polar surface area (TPSA) is 36.8 Å². The lowest BCUT2D eigenvalue weighted by atomic mass is 10.00. The molecule has 1 fully saturated rings. The van der Waals surface area contributed by atoms with Crippen molar-refractivity contribution in [3.63, 3.8) is 0 Å². The smallest absolute Gasteiger partial charge is 0.316 e. The van der Waals surface area contributed by atoms with Gasteiger partial charge in [0, 0.05) is 18.4 Å². The average molecular weight is 295 g/mol. The fraction of sp³-hybridized carbons (Fsp3) is 0.467. The van der Waals surface area contributed by atoms with Crippen LogP contribution in [0.25, 0.3) is 0 Å². The molecule has 2 heterocycles. The molecular formula is C15H16F3N3. The standard InChI is InChI=1S/C15H16F3N3/c1-10-13(21-14(20-10)5-7-19-8-6-14)11-3-2-4-12(9-11)15(16,17)18/h2-4,9,19H,5-8H2,1H3. The summed E-state index contributed by atoms with van der Waals surface area (Å²) in [5.74, 6) is 0. The number of nitrogens with zero attached hydrogens (tertiary/aromatic N) is 2. The summed E-state index contributed by atoms with van der Waals surface area (Å²) in [6.07, 6.45) is -2.77. The third-order valence-corrected chi connectivity index (χ3v) is 3.91. The lowest BCUT2D eigenvalue weighted by Gasteiger charge is -2.28. The van der Waals surface area contributed by atoms with E-state index in [0.29, 0.717) is 11.3 Å². The van der Waals surface area contributed by atoms with Gasteiger partial charge in [0.1, 0.15) is 0 Å². The molecule has 21 heavy (non-hydrogen) atoms. The summed E-state index contributed by atoms with van der Waals surface area (Å²) in [4.78, 5) is 9.28. The first-order valence-electron chi connectivity index (χ1n) is 6.95. The van der Waals surface area contributed by atoms with Crippen LogP contribution in [0.3, 0.4) is 0 Å². The maximum absolute atomic E-state index is 12.8. The molecule has 0 aromatic heterocycles. The number of piperidine rings is 1. The Kier molecular flexibility index (Phi) is 3.36. The number of halogens is 3. The van der Waals surface area contributed by atoms with Gasteiger partial charge in [-0.1, -0.05) is 12.1 Å². The van der Waals surface area contributed by atoms with Gasteiger partial charge in [-0.3, -0.25) is 9.98 Å². The van der Waals surface area contributed by atoms with Gasteiger partial charge in [-0.25, -0.2) is 0 Å². The largest absolute Gasteiger partial charge is 0.416 e. The molecule has 0 radical (unpaired) electrons. The van der Waals surface area contributed by atoms with Crippen molar-refractivity contribution in [1.82, 2.24) is 5.32 Å². The molecule has 1 saturated heterocycles. The fourth-order valence-corrected chi connectivity index (χ4v) is 2.85. The second-order valence-electron chi connectivity index (χ2n) is 5.47. The second kappa shape index (κ2) is 4.94. The number of aliphatic imine (C=N–C) groups is 2. The molecule has 3 rings (SSSR count). The van der Waals surface area contributed by atoms with E-state index in [1.807, 2.05) is 6.92 Å². The van der Waals surface area contributed by atoms with Crippen molar-refractivity contribution >= 4 is 11.4 Å². The molecule has 2 aliphatic rings. The predicted molar refractivity (Wildman–Crippen MR) is 75.9 cm³/mol. The first kappa shape index (κ1) is 14.3. The highest BCUT2D eigenvalue weighted by Gasteiger charge is 2.37. The Bertz CT molecular complexity index is 611. The summed E-state index contributed by atoms with van der Waals surface area (Å²) < 4.78 is 38.5. The Morgan fingerprint density at radius 3 is 2.52 bits per heavy atom. The van der Waals surface area contributed by atoms with Crippen LogP contribution in [0.4, 0.5) is 13.2 Å². The molecule has 1 spiro atoms. The zero-order chi connectivity index (χ0) is 15.1. The molecule has 112 valence electrons. The summed E-state index contributed by atoms with van der Waals surface area (Å²) >= 11 is 0. The maximum Gasteiger partial charge on any atom is 0.416 e. The molecule has 0 unspecified atom stereocenters. The first-order chi connectivity index (χ1) is 9.90. The Hall–Kier alpha value is -1.69.